The molecule has 1 aliphatic heterocycles. The number of carbonyl (C=O) groups is 1. The molecule has 0 unspecified atom stereocenters. The zero-order chi connectivity index (χ0) is 17.0. The van der Waals surface area contributed by atoms with E-state index in [9.17, 15) is 4.79 Å². The molecule has 0 aromatic heterocycles. The largest absolute Gasteiger partial charge is 0.371 e. The SMILES string of the molecule is Cc1ccc(NC2(C(N)=O)CCN(Cc3ccccc3)CC2)cc1. The zero-order valence-electron chi connectivity index (χ0n) is 14.2. The molecule has 1 heterocycles. The number of rotatable bonds is 5. The second kappa shape index (κ2) is 7.05. The molecule has 3 N–H and O–H groups in total. The van der Waals surface area contributed by atoms with Crippen molar-refractivity contribution in [2.24, 2.45) is 5.73 Å². The molecule has 0 spiro atoms. The second-order valence-corrected chi connectivity index (χ2v) is 6.70. The van der Waals surface area contributed by atoms with E-state index >= 15 is 0 Å². The smallest absolute Gasteiger partial charge is 0.243 e. The maximum atomic E-state index is 12.2. The number of nitrogens with zero attached hydrogens (tertiary/aromatic N) is 1. The number of primary amides is 1. The van der Waals surface area contributed by atoms with Crippen molar-refractivity contribution in [3.05, 3.63) is 65.7 Å². The summed E-state index contributed by atoms with van der Waals surface area (Å²) in [5.74, 6) is -0.262. The summed E-state index contributed by atoms with van der Waals surface area (Å²) in [4.78, 5) is 14.5. The molecule has 1 amide bonds. The van der Waals surface area contributed by atoms with Crippen molar-refractivity contribution in [3.8, 4) is 0 Å². The summed E-state index contributed by atoms with van der Waals surface area (Å²) in [6, 6.07) is 18.5. The number of hydrogen-bond donors (Lipinski definition) is 2. The minimum Gasteiger partial charge on any atom is -0.371 e. The molecule has 0 radical (unpaired) electrons. The van der Waals surface area contributed by atoms with Crippen molar-refractivity contribution < 1.29 is 4.79 Å². The van der Waals surface area contributed by atoms with Crippen molar-refractivity contribution in [1.82, 2.24) is 4.90 Å². The molecule has 2 aromatic carbocycles. The van der Waals surface area contributed by atoms with Crippen LogP contribution in [0, 0.1) is 6.92 Å². The Balaban J connectivity index is 1.65. The van der Waals surface area contributed by atoms with Crippen LogP contribution in [0.25, 0.3) is 0 Å². The third-order valence-electron chi connectivity index (χ3n) is 4.87. The summed E-state index contributed by atoms with van der Waals surface area (Å²) in [6.45, 7) is 4.68. The predicted octanol–water partition coefficient (Wildman–Crippen LogP) is 2.93. The Morgan fingerprint density at radius 2 is 1.71 bits per heavy atom. The minimum absolute atomic E-state index is 0.262. The molecular weight excluding hydrogens is 298 g/mol. The lowest BCUT2D eigenvalue weighted by atomic mass is 9.86. The van der Waals surface area contributed by atoms with Gasteiger partial charge in [0, 0.05) is 25.3 Å². The first-order chi connectivity index (χ1) is 11.6. The van der Waals surface area contributed by atoms with E-state index in [0.717, 1.165) is 38.2 Å². The van der Waals surface area contributed by atoms with Crippen molar-refractivity contribution in [2.75, 3.05) is 18.4 Å². The average Bonchev–Trinajstić information content (AvgIpc) is 2.59. The van der Waals surface area contributed by atoms with Crippen LogP contribution in [0.3, 0.4) is 0 Å². The number of anilines is 1. The summed E-state index contributed by atoms with van der Waals surface area (Å²) in [5, 5.41) is 3.40. The van der Waals surface area contributed by atoms with E-state index in [4.69, 9.17) is 5.73 Å². The van der Waals surface area contributed by atoms with Gasteiger partial charge in [-0.15, -0.1) is 0 Å². The van der Waals surface area contributed by atoms with Crippen LogP contribution in [0.5, 0.6) is 0 Å². The molecule has 126 valence electrons. The highest BCUT2D eigenvalue weighted by molar-refractivity contribution is 5.88. The Bertz CT molecular complexity index is 674. The Labute approximate surface area is 143 Å². The van der Waals surface area contributed by atoms with E-state index in [-0.39, 0.29) is 5.91 Å². The fourth-order valence-electron chi connectivity index (χ4n) is 3.28. The van der Waals surface area contributed by atoms with Gasteiger partial charge < -0.3 is 11.1 Å². The van der Waals surface area contributed by atoms with E-state index < -0.39 is 5.54 Å². The van der Waals surface area contributed by atoms with Gasteiger partial charge in [-0.2, -0.15) is 0 Å². The number of benzene rings is 2. The van der Waals surface area contributed by atoms with Gasteiger partial charge in [0.1, 0.15) is 5.54 Å². The summed E-state index contributed by atoms with van der Waals surface area (Å²) in [6.07, 6.45) is 1.45. The monoisotopic (exact) mass is 323 g/mol. The molecule has 0 aliphatic carbocycles. The van der Waals surface area contributed by atoms with Crippen LogP contribution in [0.2, 0.25) is 0 Å². The Morgan fingerprint density at radius 3 is 2.29 bits per heavy atom. The standard InChI is InChI=1S/C20H25N3O/c1-16-7-9-18(10-8-16)22-20(19(21)24)11-13-23(14-12-20)15-17-5-3-2-4-6-17/h2-10,22H,11-15H2,1H3,(H2,21,24). The lowest BCUT2D eigenvalue weighted by Gasteiger charge is -2.40. The number of nitrogens with two attached hydrogens (primary N) is 1. The molecule has 2 aromatic rings. The molecule has 1 saturated heterocycles. The lowest BCUT2D eigenvalue weighted by Crippen LogP contribution is -2.56. The van der Waals surface area contributed by atoms with Gasteiger partial charge in [0.05, 0.1) is 0 Å². The normalized spacial score (nSPS) is 17.4. The molecule has 24 heavy (non-hydrogen) atoms. The van der Waals surface area contributed by atoms with Crippen LogP contribution >= 0.6 is 0 Å². The Hall–Kier alpha value is -2.33. The van der Waals surface area contributed by atoms with E-state index in [2.05, 4.69) is 41.4 Å². The van der Waals surface area contributed by atoms with Crippen molar-refractivity contribution >= 4 is 11.6 Å². The lowest BCUT2D eigenvalue weighted by molar-refractivity contribution is -0.123. The van der Waals surface area contributed by atoms with Gasteiger partial charge in [-0.1, -0.05) is 48.0 Å². The highest BCUT2D eigenvalue weighted by atomic mass is 16.1. The topological polar surface area (TPSA) is 58.4 Å². The highest BCUT2D eigenvalue weighted by Crippen LogP contribution is 2.28. The molecule has 0 atom stereocenters. The molecule has 4 heteroatoms. The van der Waals surface area contributed by atoms with E-state index in [0.29, 0.717) is 0 Å². The minimum atomic E-state index is -0.650. The van der Waals surface area contributed by atoms with Crippen LogP contribution in [0.15, 0.2) is 54.6 Å². The maximum absolute atomic E-state index is 12.2. The molecule has 0 saturated carbocycles. The number of hydrogen-bond acceptors (Lipinski definition) is 3. The molecule has 1 aliphatic rings. The Morgan fingerprint density at radius 1 is 1.08 bits per heavy atom. The summed E-state index contributed by atoms with van der Waals surface area (Å²) < 4.78 is 0. The third kappa shape index (κ3) is 3.77. The number of likely N-dealkylation sites (tertiary alicyclic amines) is 1. The van der Waals surface area contributed by atoms with Gasteiger partial charge in [-0.3, -0.25) is 9.69 Å². The van der Waals surface area contributed by atoms with E-state index in [1.54, 1.807) is 0 Å². The summed E-state index contributed by atoms with van der Waals surface area (Å²) in [7, 11) is 0. The number of aryl methyl sites for hydroxylation is 1. The number of piperidine rings is 1. The maximum Gasteiger partial charge on any atom is 0.243 e. The quantitative estimate of drug-likeness (QED) is 0.889. The first-order valence-electron chi connectivity index (χ1n) is 8.48. The number of amides is 1. The van der Waals surface area contributed by atoms with Gasteiger partial charge >= 0.3 is 0 Å². The zero-order valence-corrected chi connectivity index (χ0v) is 14.2. The van der Waals surface area contributed by atoms with Crippen molar-refractivity contribution in [2.45, 2.75) is 31.8 Å². The molecule has 4 nitrogen and oxygen atoms in total. The van der Waals surface area contributed by atoms with E-state index in [1.165, 1.54) is 11.1 Å². The summed E-state index contributed by atoms with van der Waals surface area (Å²) in [5.41, 5.74) is 8.56. The molecule has 3 rings (SSSR count). The third-order valence-corrected chi connectivity index (χ3v) is 4.87. The van der Waals surface area contributed by atoms with Crippen LogP contribution < -0.4 is 11.1 Å². The van der Waals surface area contributed by atoms with E-state index in [1.807, 2.05) is 30.3 Å². The highest BCUT2D eigenvalue weighted by Gasteiger charge is 2.39. The van der Waals surface area contributed by atoms with Crippen molar-refractivity contribution in [1.29, 1.82) is 0 Å². The Kier molecular flexibility index (Phi) is 4.86. The molecule has 0 bridgehead atoms. The predicted molar refractivity (Wildman–Crippen MR) is 97.7 cm³/mol. The van der Waals surface area contributed by atoms with Crippen LogP contribution in [0.4, 0.5) is 5.69 Å². The second-order valence-electron chi connectivity index (χ2n) is 6.70. The van der Waals surface area contributed by atoms with Crippen LogP contribution in [-0.2, 0) is 11.3 Å². The van der Waals surface area contributed by atoms with Gasteiger partial charge in [-0.05, 0) is 37.5 Å². The van der Waals surface area contributed by atoms with Crippen LogP contribution in [-0.4, -0.2) is 29.4 Å². The number of nitrogens with one attached hydrogen (secondary N) is 1. The number of carbonyl (C=O) groups excluding carboxylic acids is 1. The average molecular weight is 323 g/mol. The fraction of sp³-hybridized carbons (Fsp3) is 0.350. The van der Waals surface area contributed by atoms with Crippen LogP contribution in [0.1, 0.15) is 24.0 Å². The summed E-state index contributed by atoms with van der Waals surface area (Å²) >= 11 is 0. The molecule has 1 fully saturated rings. The van der Waals surface area contributed by atoms with Gasteiger partial charge in [0.2, 0.25) is 5.91 Å². The van der Waals surface area contributed by atoms with Crippen molar-refractivity contribution in [3.63, 3.8) is 0 Å². The first-order valence-corrected chi connectivity index (χ1v) is 8.48. The molecular formula is C20H25N3O. The fourth-order valence-corrected chi connectivity index (χ4v) is 3.28. The van der Waals surface area contributed by atoms with Gasteiger partial charge in [0.25, 0.3) is 0 Å². The van der Waals surface area contributed by atoms with Gasteiger partial charge in [0.15, 0.2) is 0 Å². The first kappa shape index (κ1) is 16.5. The van der Waals surface area contributed by atoms with Gasteiger partial charge in [-0.25, -0.2) is 0 Å².